The molecule has 3 heteroatoms. The number of nitrogens with zero attached hydrogens (tertiary/aromatic N) is 3. The van der Waals surface area contributed by atoms with Crippen LogP contribution in [-0.4, -0.2) is 4.98 Å². The van der Waals surface area contributed by atoms with Crippen molar-refractivity contribution in [1.82, 2.24) is 4.98 Å². The van der Waals surface area contributed by atoms with Crippen LogP contribution in [-0.2, 0) is 0 Å². The van der Waals surface area contributed by atoms with Gasteiger partial charge in [-0.15, -0.1) is 0 Å². The number of aromatic nitrogens is 1. The van der Waals surface area contributed by atoms with E-state index in [0.717, 1.165) is 0 Å². The third-order valence-corrected chi connectivity index (χ3v) is 1.21. The molecule has 0 unspecified atom stereocenters. The summed E-state index contributed by atoms with van der Waals surface area (Å²) in [6.45, 7) is 0. The average Bonchev–Trinajstić information content (AvgIpc) is 2.15. The molecule has 0 atom stereocenters. The number of hydrogen-bond donors (Lipinski definition) is 0. The minimum atomic E-state index is 0.357. The molecule has 3 nitrogen and oxygen atoms in total. The van der Waals surface area contributed by atoms with E-state index in [9.17, 15) is 0 Å². The molecule has 0 bridgehead atoms. The summed E-state index contributed by atoms with van der Waals surface area (Å²) in [5, 5.41) is 16.7. The molecule has 0 aromatic carbocycles. The maximum Gasteiger partial charge on any atom is 0.141 e. The fourth-order valence-corrected chi connectivity index (χ4v) is 0.729. The van der Waals surface area contributed by atoms with Gasteiger partial charge in [0.25, 0.3) is 0 Å². The molecule has 0 amide bonds. The molecule has 12 heavy (non-hydrogen) atoms. The van der Waals surface area contributed by atoms with Crippen molar-refractivity contribution >= 4 is 6.08 Å². The van der Waals surface area contributed by atoms with Crippen molar-refractivity contribution in [3.05, 3.63) is 35.7 Å². The summed E-state index contributed by atoms with van der Waals surface area (Å²) in [6, 6.07) is 8.84. The summed E-state index contributed by atoms with van der Waals surface area (Å²) >= 11 is 0. The highest BCUT2D eigenvalue weighted by Crippen LogP contribution is 1.99. The van der Waals surface area contributed by atoms with Crippen molar-refractivity contribution in [2.24, 2.45) is 0 Å². The maximum absolute atomic E-state index is 8.49. The van der Waals surface area contributed by atoms with Gasteiger partial charge in [-0.05, 0) is 18.2 Å². The molecular weight excluding hydrogens is 150 g/mol. The van der Waals surface area contributed by atoms with Crippen LogP contribution in [0.15, 0.2) is 24.3 Å². The third kappa shape index (κ3) is 1.93. The molecule has 56 valence electrons. The minimum Gasteiger partial charge on any atom is -0.238 e. The fourth-order valence-electron chi connectivity index (χ4n) is 0.729. The Bertz CT molecular complexity index is 379. The Balaban J connectivity index is 2.98. The van der Waals surface area contributed by atoms with Gasteiger partial charge in [-0.25, -0.2) is 4.98 Å². The number of nitriles is 2. The third-order valence-electron chi connectivity index (χ3n) is 1.21. The first-order chi connectivity index (χ1) is 5.86. The first-order valence-electron chi connectivity index (χ1n) is 3.30. The Morgan fingerprint density at radius 3 is 2.83 bits per heavy atom. The van der Waals surface area contributed by atoms with Gasteiger partial charge < -0.3 is 0 Å². The van der Waals surface area contributed by atoms with E-state index < -0.39 is 0 Å². The van der Waals surface area contributed by atoms with Crippen LogP contribution in [0, 0.1) is 22.7 Å². The van der Waals surface area contributed by atoms with E-state index in [1.165, 1.54) is 6.08 Å². The molecule has 0 fully saturated rings. The van der Waals surface area contributed by atoms with Crippen LogP contribution in [0.5, 0.6) is 0 Å². The van der Waals surface area contributed by atoms with Crippen LogP contribution in [0.3, 0.4) is 0 Å². The van der Waals surface area contributed by atoms with Crippen molar-refractivity contribution in [1.29, 1.82) is 10.5 Å². The molecule has 1 aromatic rings. The van der Waals surface area contributed by atoms with E-state index in [1.807, 2.05) is 12.1 Å². The summed E-state index contributed by atoms with van der Waals surface area (Å²) in [6.07, 6.45) is 2.88. The van der Waals surface area contributed by atoms with Gasteiger partial charge in [-0.3, -0.25) is 0 Å². The highest BCUT2D eigenvalue weighted by molar-refractivity contribution is 5.48. The highest BCUT2D eigenvalue weighted by Gasteiger charge is 1.90. The standard InChI is InChI=1S/C9H5N3/c10-6-2-5-8-3-1-4-9(7-11)12-8/h1-5H. The van der Waals surface area contributed by atoms with Crippen LogP contribution in [0.25, 0.3) is 6.08 Å². The smallest absolute Gasteiger partial charge is 0.141 e. The lowest BCUT2D eigenvalue weighted by Gasteiger charge is -1.90. The molecule has 0 aliphatic heterocycles. The second-order valence-electron chi connectivity index (χ2n) is 2.02. The molecule has 0 aliphatic rings. The maximum atomic E-state index is 8.49. The molecule has 0 N–H and O–H groups in total. The zero-order chi connectivity index (χ0) is 8.81. The second-order valence-corrected chi connectivity index (χ2v) is 2.02. The molecule has 1 aromatic heterocycles. The van der Waals surface area contributed by atoms with Gasteiger partial charge in [0.2, 0.25) is 0 Å². The lowest BCUT2D eigenvalue weighted by Crippen LogP contribution is -1.84. The molecule has 0 saturated heterocycles. The van der Waals surface area contributed by atoms with Gasteiger partial charge in [0, 0.05) is 6.08 Å². The first-order valence-corrected chi connectivity index (χ1v) is 3.30. The van der Waals surface area contributed by atoms with Crippen molar-refractivity contribution < 1.29 is 0 Å². The fraction of sp³-hybridized carbons (Fsp3) is 0. The number of hydrogen-bond acceptors (Lipinski definition) is 3. The molecule has 0 saturated carbocycles. The van der Waals surface area contributed by atoms with E-state index >= 15 is 0 Å². The quantitative estimate of drug-likeness (QED) is 0.577. The summed E-state index contributed by atoms with van der Waals surface area (Å²) in [4.78, 5) is 3.93. The molecule has 0 radical (unpaired) electrons. The van der Waals surface area contributed by atoms with Crippen molar-refractivity contribution in [2.75, 3.05) is 0 Å². The summed E-state index contributed by atoms with van der Waals surface area (Å²) in [5.74, 6) is 0. The number of allylic oxidation sites excluding steroid dienone is 1. The summed E-state index contributed by atoms with van der Waals surface area (Å²) in [5.41, 5.74) is 0.977. The predicted molar refractivity (Wildman–Crippen MR) is 43.6 cm³/mol. The van der Waals surface area contributed by atoms with Gasteiger partial charge in [-0.1, -0.05) is 6.07 Å². The van der Waals surface area contributed by atoms with Gasteiger partial charge in [-0.2, -0.15) is 10.5 Å². The Labute approximate surface area is 70.2 Å². The highest BCUT2D eigenvalue weighted by atomic mass is 14.7. The van der Waals surface area contributed by atoms with E-state index in [4.69, 9.17) is 10.5 Å². The SMILES string of the molecule is N#CC=Cc1cccc(C#N)n1. The molecular formula is C9H5N3. The Morgan fingerprint density at radius 1 is 1.33 bits per heavy atom. The van der Waals surface area contributed by atoms with Gasteiger partial charge in [0.1, 0.15) is 11.8 Å². The van der Waals surface area contributed by atoms with Crippen molar-refractivity contribution in [3.8, 4) is 12.1 Å². The van der Waals surface area contributed by atoms with E-state index in [2.05, 4.69) is 4.98 Å². The normalized spacial score (nSPS) is 9.17. The molecule has 1 rings (SSSR count). The van der Waals surface area contributed by atoms with Crippen LogP contribution in [0.2, 0.25) is 0 Å². The number of rotatable bonds is 1. The Morgan fingerprint density at radius 2 is 2.17 bits per heavy atom. The first kappa shape index (κ1) is 7.97. The second kappa shape index (κ2) is 3.90. The van der Waals surface area contributed by atoms with Gasteiger partial charge in [0.15, 0.2) is 0 Å². The van der Waals surface area contributed by atoms with E-state index in [-0.39, 0.29) is 0 Å². The van der Waals surface area contributed by atoms with Gasteiger partial charge in [0.05, 0.1) is 11.8 Å². The van der Waals surface area contributed by atoms with Gasteiger partial charge >= 0.3 is 0 Å². The predicted octanol–water partition coefficient (Wildman–Crippen LogP) is 1.49. The van der Waals surface area contributed by atoms with E-state index in [0.29, 0.717) is 11.4 Å². The molecule has 0 spiro atoms. The zero-order valence-corrected chi connectivity index (χ0v) is 6.23. The summed E-state index contributed by atoms with van der Waals surface area (Å²) < 4.78 is 0. The largest absolute Gasteiger partial charge is 0.238 e. The zero-order valence-electron chi connectivity index (χ0n) is 6.23. The minimum absolute atomic E-state index is 0.357. The van der Waals surface area contributed by atoms with Crippen LogP contribution in [0.4, 0.5) is 0 Å². The molecule has 0 aliphatic carbocycles. The van der Waals surface area contributed by atoms with E-state index in [1.54, 1.807) is 24.3 Å². The molecule has 1 heterocycles. The Hall–Kier alpha value is -2.13. The summed E-state index contributed by atoms with van der Waals surface area (Å²) in [7, 11) is 0. The van der Waals surface area contributed by atoms with Crippen LogP contribution < -0.4 is 0 Å². The average molecular weight is 155 g/mol. The Kier molecular flexibility index (Phi) is 2.59. The topological polar surface area (TPSA) is 60.5 Å². The lowest BCUT2D eigenvalue weighted by atomic mass is 10.3. The van der Waals surface area contributed by atoms with Crippen molar-refractivity contribution in [2.45, 2.75) is 0 Å². The van der Waals surface area contributed by atoms with Crippen LogP contribution in [0.1, 0.15) is 11.4 Å². The number of pyridine rings is 1. The lowest BCUT2D eigenvalue weighted by molar-refractivity contribution is 1.24. The van der Waals surface area contributed by atoms with Crippen LogP contribution >= 0.6 is 0 Å². The monoisotopic (exact) mass is 155 g/mol. The van der Waals surface area contributed by atoms with Crippen molar-refractivity contribution in [3.63, 3.8) is 0 Å².